The van der Waals surface area contributed by atoms with Crippen molar-refractivity contribution in [3.63, 3.8) is 0 Å². The first kappa shape index (κ1) is 11.9. The zero-order valence-electron chi connectivity index (χ0n) is 9.98. The lowest BCUT2D eigenvalue weighted by Gasteiger charge is -2.06. The first-order valence-electron chi connectivity index (χ1n) is 5.40. The Morgan fingerprint density at radius 2 is 2.29 bits per heavy atom. The SMILES string of the molecule is Cc1sc(-c2ccco2)nc1C(=O)NC(C)C. The highest BCUT2D eigenvalue weighted by Gasteiger charge is 2.17. The molecule has 0 saturated heterocycles. The van der Waals surface area contributed by atoms with Gasteiger partial charge in [0.2, 0.25) is 0 Å². The molecule has 0 aromatic carbocycles. The molecule has 0 unspecified atom stereocenters. The number of carbonyl (C=O) groups is 1. The molecule has 0 bridgehead atoms. The number of nitrogens with zero attached hydrogens (tertiary/aromatic N) is 1. The summed E-state index contributed by atoms with van der Waals surface area (Å²) in [6.07, 6.45) is 1.60. The Morgan fingerprint density at radius 3 is 2.88 bits per heavy atom. The van der Waals surface area contributed by atoms with Crippen LogP contribution in [0.3, 0.4) is 0 Å². The van der Waals surface area contributed by atoms with E-state index in [9.17, 15) is 4.79 Å². The molecule has 0 aliphatic rings. The van der Waals surface area contributed by atoms with Crippen molar-refractivity contribution in [1.29, 1.82) is 0 Å². The molecule has 1 amide bonds. The summed E-state index contributed by atoms with van der Waals surface area (Å²) in [5.41, 5.74) is 0.482. The van der Waals surface area contributed by atoms with E-state index in [-0.39, 0.29) is 11.9 Å². The van der Waals surface area contributed by atoms with Crippen LogP contribution in [0.25, 0.3) is 10.8 Å². The molecule has 0 aliphatic heterocycles. The molecule has 17 heavy (non-hydrogen) atoms. The molecule has 4 nitrogen and oxygen atoms in total. The summed E-state index contributed by atoms with van der Waals surface area (Å²) in [5.74, 6) is 0.563. The summed E-state index contributed by atoms with van der Waals surface area (Å²) < 4.78 is 5.26. The van der Waals surface area contributed by atoms with Gasteiger partial charge in [-0.15, -0.1) is 11.3 Å². The summed E-state index contributed by atoms with van der Waals surface area (Å²) in [4.78, 5) is 17.1. The lowest BCUT2D eigenvalue weighted by molar-refractivity contribution is 0.0938. The van der Waals surface area contributed by atoms with E-state index in [0.717, 1.165) is 9.88 Å². The highest BCUT2D eigenvalue weighted by molar-refractivity contribution is 7.15. The van der Waals surface area contributed by atoms with Gasteiger partial charge in [0.15, 0.2) is 10.8 Å². The highest BCUT2D eigenvalue weighted by Crippen LogP contribution is 2.27. The van der Waals surface area contributed by atoms with Gasteiger partial charge in [-0.2, -0.15) is 0 Å². The molecule has 0 saturated carbocycles. The monoisotopic (exact) mass is 250 g/mol. The van der Waals surface area contributed by atoms with Crippen molar-refractivity contribution in [2.45, 2.75) is 26.8 Å². The average Bonchev–Trinajstić information content (AvgIpc) is 2.84. The van der Waals surface area contributed by atoms with Crippen molar-refractivity contribution < 1.29 is 9.21 Å². The van der Waals surface area contributed by atoms with E-state index < -0.39 is 0 Å². The molecule has 90 valence electrons. The van der Waals surface area contributed by atoms with Crippen molar-refractivity contribution in [3.8, 4) is 10.8 Å². The van der Waals surface area contributed by atoms with Crippen LogP contribution in [-0.2, 0) is 0 Å². The van der Waals surface area contributed by atoms with Crippen molar-refractivity contribution in [2.75, 3.05) is 0 Å². The van der Waals surface area contributed by atoms with Crippen LogP contribution < -0.4 is 5.32 Å². The Labute approximate surface area is 104 Å². The van der Waals surface area contributed by atoms with Gasteiger partial charge in [0, 0.05) is 10.9 Å². The van der Waals surface area contributed by atoms with Gasteiger partial charge in [-0.25, -0.2) is 4.98 Å². The molecule has 0 aliphatic carbocycles. The second-order valence-electron chi connectivity index (χ2n) is 4.03. The second kappa shape index (κ2) is 4.71. The van der Waals surface area contributed by atoms with E-state index >= 15 is 0 Å². The number of nitrogens with one attached hydrogen (secondary N) is 1. The Bertz CT molecular complexity index is 515. The predicted molar refractivity (Wildman–Crippen MR) is 67.2 cm³/mol. The first-order chi connectivity index (χ1) is 8.08. The molecule has 0 fully saturated rings. The number of furan rings is 1. The van der Waals surface area contributed by atoms with Crippen molar-refractivity contribution in [3.05, 3.63) is 29.0 Å². The van der Waals surface area contributed by atoms with E-state index in [1.165, 1.54) is 11.3 Å². The minimum atomic E-state index is -0.133. The number of amides is 1. The van der Waals surface area contributed by atoms with E-state index in [4.69, 9.17) is 4.42 Å². The number of rotatable bonds is 3. The summed E-state index contributed by atoms with van der Waals surface area (Å²) in [6, 6.07) is 3.75. The van der Waals surface area contributed by atoms with Crippen LogP contribution in [0.5, 0.6) is 0 Å². The number of carbonyl (C=O) groups excluding carboxylic acids is 1. The standard InChI is InChI=1S/C12H14N2O2S/c1-7(2)13-11(15)10-8(3)17-12(14-10)9-5-4-6-16-9/h4-7H,1-3H3,(H,13,15). The van der Waals surface area contributed by atoms with Gasteiger partial charge in [-0.1, -0.05) is 0 Å². The van der Waals surface area contributed by atoms with Crippen molar-refractivity contribution in [2.24, 2.45) is 0 Å². The molecule has 2 aromatic rings. The number of hydrogen-bond donors (Lipinski definition) is 1. The van der Waals surface area contributed by atoms with E-state index in [2.05, 4.69) is 10.3 Å². The summed E-state index contributed by atoms with van der Waals surface area (Å²) >= 11 is 1.46. The maximum atomic E-state index is 11.9. The van der Waals surface area contributed by atoms with Gasteiger partial charge in [0.1, 0.15) is 5.69 Å². The fourth-order valence-electron chi connectivity index (χ4n) is 1.44. The lowest BCUT2D eigenvalue weighted by atomic mass is 10.3. The van der Waals surface area contributed by atoms with Gasteiger partial charge in [-0.3, -0.25) is 4.79 Å². The van der Waals surface area contributed by atoms with Crippen LogP contribution in [0.2, 0.25) is 0 Å². The fourth-order valence-corrected chi connectivity index (χ4v) is 2.32. The lowest BCUT2D eigenvalue weighted by Crippen LogP contribution is -2.30. The molecule has 1 N–H and O–H groups in total. The Balaban J connectivity index is 2.28. The van der Waals surface area contributed by atoms with Crippen LogP contribution in [0.15, 0.2) is 22.8 Å². The fraction of sp³-hybridized carbons (Fsp3) is 0.333. The highest BCUT2D eigenvalue weighted by atomic mass is 32.1. The number of aromatic nitrogens is 1. The summed E-state index contributed by atoms with van der Waals surface area (Å²) in [7, 11) is 0. The van der Waals surface area contributed by atoms with E-state index in [1.54, 1.807) is 12.3 Å². The molecule has 0 atom stereocenters. The van der Waals surface area contributed by atoms with Gasteiger partial charge in [0.25, 0.3) is 5.91 Å². The van der Waals surface area contributed by atoms with Crippen LogP contribution >= 0.6 is 11.3 Å². The topological polar surface area (TPSA) is 55.1 Å². The number of thiazole rings is 1. The van der Waals surface area contributed by atoms with Crippen molar-refractivity contribution in [1.82, 2.24) is 10.3 Å². The quantitative estimate of drug-likeness (QED) is 0.911. The molecule has 0 spiro atoms. The van der Waals surface area contributed by atoms with Gasteiger partial charge < -0.3 is 9.73 Å². The minimum Gasteiger partial charge on any atom is -0.462 e. The third-order valence-electron chi connectivity index (χ3n) is 2.16. The summed E-state index contributed by atoms with van der Waals surface area (Å²) in [5, 5.41) is 3.57. The van der Waals surface area contributed by atoms with Gasteiger partial charge >= 0.3 is 0 Å². The molecular formula is C12H14N2O2S. The van der Waals surface area contributed by atoms with Crippen LogP contribution in [0.4, 0.5) is 0 Å². The molecule has 2 heterocycles. The summed E-state index contributed by atoms with van der Waals surface area (Å²) in [6.45, 7) is 5.74. The van der Waals surface area contributed by atoms with Gasteiger partial charge in [-0.05, 0) is 32.9 Å². The maximum absolute atomic E-state index is 11.9. The normalized spacial score (nSPS) is 10.8. The Morgan fingerprint density at radius 1 is 1.53 bits per heavy atom. The predicted octanol–water partition coefficient (Wildman–Crippen LogP) is 2.85. The molecule has 2 rings (SSSR count). The Kier molecular flexibility index (Phi) is 3.28. The molecule has 0 radical (unpaired) electrons. The zero-order valence-corrected chi connectivity index (χ0v) is 10.8. The maximum Gasteiger partial charge on any atom is 0.271 e. The Hall–Kier alpha value is -1.62. The largest absolute Gasteiger partial charge is 0.462 e. The van der Waals surface area contributed by atoms with Crippen LogP contribution in [0.1, 0.15) is 29.2 Å². The third-order valence-corrected chi connectivity index (χ3v) is 3.15. The van der Waals surface area contributed by atoms with E-state index in [1.807, 2.05) is 26.8 Å². The number of hydrogen-bond acceptors (Lipinski definition) is 4. The first-order valence-corrected chi connectivity index (χ1v) is 6.21. The molecule has 2 aromatic heterocycles. The molecular weight excluding hydrogens is 236 g/mol. The van der Waals surface area contributed by atoms with Crippen molar-refractivity contribution >= 4 is 17.2 Å². The zero-order chi connectivity index (χ0) is 12.4. The average molecular weight is 250 g/mol. The van der Waals surface area contributed by atoms with E-state index in [0.29, 0.717) is 11.5 Å². The van der Waals surface area contributed by atoms with Crippen LogP contribution in [-0.4, -0.2) is 16.9 Å². The molecule has 5 heteroatoms. The second-order valence-corrected chi connectivity index (χ2v) is 5.23. The third kappa shape index (κ3) is 2.55. The number of aryl methyl sites for hydroxylation is 1. The minimum absolute atomic E-state index is 0.107. The van der Waals surface area contributed by atoms with Gasteiger partial charge in [0.05, 0.1) is 6.26 Å². The van der Waals surface area contributed by atoms with Crippen LogP contribution in [0, 0.1) is 6.92 Å². The smallest absolute Gasteiger partial charge is 0.271 e.